The molecule has 0 bridgehead atoms. The standard InChI is InChI=1S/C16H12F2OS/c1-9-4-11(6-13(18)5-9)16(19)15-7-10-2-3-12(17)8-14(10)20-15/h2-8,16,19H,1H3. The van der Waals surface area contributed by atoms with Gasteiger partial charge in [0.25, 0.3) is 0 Å². The molecule has 1 atom stereocenters. The molecule has 102 valence electrons. The van der Waals surface area contributed by atoms with E-state index in [0.717, 1.165) is 15.6 Å². The molecular weight excluding hydrogens is 278 g/mol. The van der Waals surface area contributed by atoms with Crippen molar-refractivity contribution < 1.29 is 13.9 Å². The lowest BCUT2D eigenvalue weighted by Crippen LogP contribution is -1.98. The summed E-state index contributed by atoms with van der Waals surface area (Å²) in [7, 11) is 0. The summed E-state index contributed by atoms with van der Waals surface area (Å²) in [4.78, 5) is 0.676. The van der Waals surface area contributed by atoms with Crippen LogP contribution < -0.4 is 0 Å². The molecule has 3 rings (SSSR count). The molecule has 0 aliphatic carbocycles. The molecule has 0 saturated heterocycles. The minimum Gasteiger partial charge on any atom is -0.383 e. The molecule has 1 N–H and O–H groups in total. The van der Waals surface area contributed by atoms with E-state index < -0.39 is 6.10 Å². The van der Waals surface area contributed by atoms with E-state index in [2.05, 4.69) is 0 Å². The molecule has 4 heteroatoms. The van der Waals surface area contributed by atoms with Crippen LogP contribution >= 0.6 is 11.3 Å². The number of aliphatic hydroxyl groups is 1. The molecule has 1 nitrogen and oxygen atoms in total. The largest absolute Gasteiger partial charge is 0.383 e. The Morgan fingerprint density at radius 1 is 1.00 bits per heavy atom. The number of aryl methyl sites for hydroxylation is 1. The summed E-state index contributed by atoms with van der Waals surface area (Å²) in [6.07, 6.45) is -0.898. The van der Waals surface area contributed by atoms with Gasteiger partial charge < -0.3 is 5.11 Å². The molecule has 0 aliphatic rings. The lowest BCUT2D eigenvalue weighted by molar-refractivity contribution is 0.223. The van der Waals surface area contributed by atoms with Gasteiger partial charge in [0, 0.05) is 9.58 Å². The molecular formula is C16H12F2OS. The smallest absolute Gasteiger partial charge is 0.124 e. The molecule has 20 heavy (non-hydrogen) atoms. The Kier molecular flexibility index (Phi) is 3.28. The third-order valence-electron chi connectivity index (χ3n) is 3.15. The van der Waals surface area contributed by atoms with Crippen molar-refractivity contribution in [1.29, 1.82) is 0 Å². The zero-order valence-electron chi connectivity index (χ0n) is 10.7. The fourth-order valence-corrected chi connectivity index (χ4v) is 3.35. The van der Waals surface area contributed by atoms with Crippen LogP contribution in [0.2, 0.25) is 0 Å². The second-order valence-electron chi connectivity index (χ2n) is 4.80. The van der Waals surface area contributed by atoms with E-state index in [1.807, 2.05) is 6.07 Å². The number of aliphatic hydroxyl groups excluding tert-OH is 1. The third kappa shape index (κ3) is 2.44. The van der Waals surface area contributed by atoms with E-state index >= 15 is 0 Å². The topological polar surface area (TPSA) is 20.2 Å². The molecule has 0 spiro atoms. The number of hydrogen-bond donors (Lipinski definition) is 1. The highest BCUT2D eigenvalue weighted by Crippen LogP contribution is 2.33. The Balaban J connectivity index is 2.05. The van der Waals surface area contributed by atoms with Gasteiger partial charge in [-0.15, -0.1) is 11.3 Å². The van der Waals surface area contributed by atoms with Crippen molar-refractivity contribution in [3.8, 4) is 0 Å². The van der Waals surface area contributed by atoms with E-state index in [1.165, 1.54) is 35.6 Å². The summed E-state index contributed by atoms with van der Waals surface area (Å²) in [5.41, 5.74) is 1.26. The second kappa shape index (κ2) is 4.96. The van der Waals surface area contributed by atoms with Gasteiger partial charge in [-0.1, -0.05) is 12.1 Å². The van der Waals surface area contributed by atoms with Crippen molar-refractivity contribution in [2.75, 3.05) is 0 Å². The van der Waals surface area contributed by atoms with Crippen LogP contribution in [0.3, 0.4) is 0 Å². The van der Waals surface area contributed by atoms with Gasteiger partial charge in [0.2, 0.25) is 0 Å². The maximum absolute atomic E-state index is 13.4. The highest BCUT2D eigenvalue weighted by Gasteiger charge is 2.15. The van der Waals surface area contributed by atoms with Crippen LogP contribution in [-0.2, 0) is 0 Å². The Bertz CT molecular complexity index is 759. The third-order valence-corrected chi connectivity index (χ3v) is 4.30. The summed E-state index contributed by atoms with van der Waals surface area (Å²) in [6.45, 7) is 1.78. The van der Waals surface area contributed by atoms with E-state index in [4.69, 9.17) is 0 Å². The minimum atomic E-state index is -0.898. The number of rotatable bonds is 2. The zero-order valence-corrected chi connectivity index (χ0v) is 11.5. The molecule has 0 amide bonds. The first-order chi connectivity index (χ1) is 9.52. The van der Waals surface area contributed by atoms with Crippen molar-refractivity contribution >= 4 is 21.4 Å². The molecule has 0 fully saturated rings. The van der Waals surface area contributed by atoms with Crippen molar-refractivity contribution in [1.82, 2.24) is 0 Å². The summed E-state index contributed by atoms with van der Waals surface area (Å²) in [6, 6.07) is 10.8. The van der Waals surface area contributed by atoms with Crippen LogP contribution in [0.25, 0.3) is 10.1 Å². The number of hydrogen-bond acceptors (Lipinski definition) is 2. The van der Waals surface area contributed by atoms with Crippen molar-refractivity contribution in [2.24, 2.45) is 0 Å². The Labute approximate surface area is 119 Å². The Morgan fingerprint density at radius 2 is 1.80 bits per heavy atom. The summed E-state index contributed by atoms with van der Waals surface area (Å²) < 4.78 is 27.3. The fraction of sp³-hybridized carbons (Fsp3) is 0.125. The Hall–Kier alpha value is -1.78. The van der Waals surface area contributed by atoms with Gasteiger partial charge in [0.1, 0.15) is 17.7 Å². The van der Waals surface area contributed by atoms with Crippen LogP contribution in [0.15, 0.2) is 42.5 Å². The van der Waals surface area contributed by atoms with Crippen LogP contribution in [0.4, 0.5) is 8.78 Å². The van der Waals surface area contributed by atoms with Crippen LogP contribution in [0.5, 0.6) is 0 Å². The Morgan fingerprint density at radius 3 is 2.55 bits per heavy atom. The van der Waals surface area contributed by atoms with Gasteiger partial charge in [-0.25, -0.2) is 8.78 Å². The van der Waals surface area contributed by atoms with E-state index in [9.17, 15) is 13.9 Å². The lowest BCUT2D eigenvalue weighted by Gasteiger charge is -2.09. The summed E-state index contributed by atoms with van der Waals surface area (Å²) >= 11 is 1.31. The molecule has 1 aromatic heterocycles. The molecule has 0 saturated carbocycles. The van der Waals surface area contributed by atoms with Crippen molar-refractivity contribution in [3.05, 3.63) is 70.1 Å². The number of thiophene rings is 1. The molecule has 0 radical (unpaired) electrons. The van der Waals surface area contributed by atoms with E-state index in [-0.39, 0.29) is 11.6 Å². The molecule has 2 aromatic carbocycles. The van der Waals surface area contributed by atoms with Gasteiger partial charge in [0.15, 0.2) is 0 Å². The quantitative estimate of drug-likeness (QED) is 0.733. The minimum absolute atomic E-state index is 0.304. The average molecular weight is 290 g/mol. The van der Waals surface area contributed by atoms with Crippen LogP contribution in [-0.4, -0.2) is 5.11 Å². The molecule has 3 aromatic rings. The molecule has 1 heterocycles. The first-order valence-electron chi connectivity index (χ1n) is 6.17. The van der Waals surface area contributed by atoms with Gasteiger partial charge >= 0.3 is 0 Å². The van der Waals surface area contributed by atoms with Crippen LogP contribution in [0, 0.1) is 18.6 Å². The van der Waals surface area contributed by atoms with E-state index in [1.54, 1.807) is 19.1 Å². The predicted molar refractivity (Wildman–Crippen MR) is 77.0 cm³/mol. The molecule has 0 aliphatic heterocycles. The van der Waals surface area contributed by atoms with Crippen molar-refractivity contribution in [2.45, 2.75) is 13.0 Å². The highest BCUT2D eigenvalue weighted by molar-refractivity contribution is 7.19. The molecule has 1 unspecified atom stereocenters. The van der Waals surface area contributed by atoms with Gasteiger partial charge in [-0.3, -0.25) is 0 Å². The average Bonchev–Trinajstić information content (AvgIpc) is 2.79. The summed E-state index contributed by atoms with van der Waals surface area (Å²) in [5, 5.41) is 11.2. The number of halogens is 2. The van der Waals surface area contributed by atoms with Gasteiger partial charge in [-0.2, -0.15) is 0 Å². The first kappa shape index (κ1) is 13.2. The normalized spacial score (nSPS) is 12.8. The van der Waals surface area contributed by atoms with Gasteiger partial charge in [0.05, 0.1) is 0 Å². The SMILES string of the molecule is Cc1cc(F)cc(C(O)c2cc3ccc(F)cc3s2)c1. The summed E-state index contributed by atoms with van der Waals surface area (Å²) in [5.74, 6) is -0.673. The second-order valence-corrected chi connectivity index (χ2v) is 5.91. The van der Waals surface area contributed by atoms with E-state index in [0.29, 0.717) is 10.4 Å². The van der Waals surface area contributed by atoms with Crippen molar-refractivity contribution in [3.63, 3.8) is 0 Å². The van der Waals surface area contributed by atoms with Crippen LogP contribution in [0.1, 0.15) is 22.1 Å². The highest BCUT2D eigenvalue weighted by atomic mass is 32.1. The maximum atomic E-state index is 13.4. The fourth-order valence-electron chi connectivity index (χ4n) is 2.25. The maximum Gasteiger partial charge on any atom is 0.124 e. The predicted octanol–water partition coefficient (Wildman–Crippen LogP) is 4.57. The lowest BCUT2D eigenvalue weighted by atomic mass is 10.0. The van der Waals surface area contributed by atoms with Gasteiger partial charge in [-0.05, 0) is 53.8 Å². The number of fused-ring (bicyclic) bond motifs is 1. The first-order valence-corrected chi connectivity index (χ1v) is 6.99. The number of benzene rings is 2. The zero-order chi connectivity index (χ0) is 14.3. The monoisotopic (exact) mass is 290 g/mol.